The Morgan fingerprint density at radius 1 is 1.50 bits per heavy atom. The third kappa shape index (κ3) is 1.90. The molecule has 2 rings (SSSR count). The summed E-state index contributed by atoms with van der Waals surface area (Å²) in [6, 6.07) is 5.83. The summed E-state index contributed by atoms with van der Waals surface area (Å²) in [6.45, 7) is 2.43. The topological polar surface area (TPSA) is 34.9 Å². The first-order valence-corrected chi connectivity index (χ1v) is 5.20. The molecule has 0 radical (unpaired) electrons. The molecule has 0 aromatic carbocycles. The second kappa shape index (κ2) is 3.75. The Kier molecular flexibility index (Phi) is 2.45. The normalized spacial score (nSPS) is 10.4. The van der Waals surface area contributed by atoms with Crippen molar-refractivity contribution >= 4 is 11.3 Å². The minimum atomic E-state index is -0.182. The van der Waals surface area contributed by atoms with Gasteiger partial charge in [-0.1, -0.05) is 6.07 Å². The van der Waals surface area contributed by atoms with Crippen molar-refractivity contribution in [3.05, 3.63) is 50.8 Å². The molecular weight excluding hydrogens is 196 g/mol. The molecule has 0 fully saturated rings. The van der Waals surface area contributed by atoms with E-state index in [1.165, 1.54) is 0 Å². The van der Waals surface area contributed by atoms with Gasteiger partial charge < -0.3 is 0 Å². The first-order valence-electron chi connectivity index (χ1n) is 4.32. The van der Waals surface area contributed by atoms with Crippen LogP contribution in [0.15, 0.2) is 34.6 Å². The first kappa shape index (κ1) is 9.15. The summed E-state index contributed by atoms with van der Waals surface area (Å²) in [6.07, 6.45) is 1.78. The van der Waals surface area contributed by atoms with E-state index in [0.29, 0.717) is 6.54 Å². The molecule has 4 heteroatoms. The quantitative estimate of drug-likeness (QED) is 0.749. The first-order chi connectivity index (χ1) is 6.75. The molecule has 3 nitrogen and oxygen atoms in total. The Morgan fingerprint density at radius 2 is 2.36 bits per heavy atom. The van der Waals surface area contributed by atoms with Crippen molar-refractivity contribution < 1.29 is 0 Å². The van der Waals surface area contributed by atoms with Gasteiger partial charge in [0.25, 0.3) is 0 Å². The minimum absolute atomic E-state index is 0.182. The number of hydrogen-bond donors (Lipinski definition) is 0. The summed E-state index contributed by atoms with van der Waals surface area (Å²) in [4.78, 5) is 16.5. The van der Waals surface area contributed by atoms with Gasteiger partial charge in [-0.05, 0) is 24.4 Å². The van der Waals surface area contributed by atoms with Crippen LogP contribution in [0.25, 0.3) is 0 Å². The Balaban J connectivity index is 2.30. The molecule has 0 unspecified atom stereocenters. The number of thiophene rings is 1. The Morgan fingerprint density at radius 3 is 3.00 bits per heavy atom. The van der Waals surface area contributed by atoms with Gasteiger partial charge in [-0.2, -0.15) is 4.98 Å². The van der Waals surface area contributed by atoms with Gasteiger partial charge in [-0.25, -0.2) is 4.79 Å². The molecule has 0 saturated carbocycles. The van der Waals surface area contributed by atoms with Gasteiger partial charge in [-0.3, -0.25) is 4.57 Å². The third-order valence-corrected chi connectivity index (χ3v) is 2.78. The SMILES string of the molecule is Cc1ccn(Cc2cccs2)c(=O)n1. The van der Waals surface area contributed by atoms with Crippen LogP contribution < -0.4 is 5.69 Å². The maximum Gasteiger partial charge on any atom is 0.348 e. The lowest BCUT2D eigenvalue weighted by atomic mass is 10.4. The lowest BCUT2D eigenvalue weighted by Gasteiger charge is -2.02. The molecule has 0 atom stereocenters. The van der Waals surface area contributed by atoms with Crippen LogP contribution in [0, 0.1) is 6.92 Å². The summed E-state index contributed by atoms with van der Waals surface area (Å²) in [5.41, 5.74) is 0.579. The fourth-order valence-corrected chi connectivity index (χ4v) is 1.91. The highest BCUT2D eigenvalue weighted by Gasteiger charge is 1.99. The van der Waals surface area contributed by atoms with E-state index in [-0.39, 0.29) is 5.69 Å². The second-order valence-corrected chi connectivity index (χ2v) is 4.09. The van der Waals surface area contributed by atoms with E-state index in [1.54, 1.807) is 22.1 Å². The zero-order chi connectivity index (χ0) is 9.97. The predicted molar refractivity (Wildman–Crippen MR) is 56.7 cm³/mol. The number of hydrogen-bond acceptors (Lipinski definition) is 3. The van der Waals surface area contributed by atoms with E-state index in [4.69, 9.17) is 0 Å². The predicted octanol–water partition coefficient (Wildman–Crippen LogP) is 1.66. The minimum Gasteiger partial charge on any atom is -0.294 e. The fraction of sp³-hybridized carbons (Fsp3) is 0.200. The van der Waals surface area contributed by atoms with Gasteiger partial charge in [0.2, 0.25) is 0 Å². The molecule has 0 aliphatic carbocycles. The smallest absolute Gasteiger partial charge is 0.294 e. The molecule has 14 heavy (non-hydrogen) atoms. The number of rotatable bonds is 2. The largest absolute Gasteiger partial charge is 0.348 e. The number of aryl methyl sites for hydroxylation is 1. The lowest BCUT2D eigenvalue weighted by Crippen LogP contribution is -2.22. The van der Waals surface area contributed by atoms with Crippen LogP contribution in [0.4, 0.5) is 0 Å². The van der Waals surface area contributed by atoms with E-state index >= 15 is 0 Å². The molecular formula is C10H10N2OS. The van der Waals surface area contributed by atoms with Gasteiger partial charge >= 0.3 is 5.69 Å². The van der Waals surface area contributed by atoms with E-state index in [2.05, 4.69) is 4.98 Å². The van der Waals surface area contributed by atoms with Crippen LogP contribution in [0.3, 0.4) is 0 Å². The molecule has 0 N–H and O–H groups in total. The maximum absolute atomic E-state index is 11.4. The highest BCUT2D eigenvalue weighted by atomic mass is 32.1. The maximum atomic E-state index is 11.4. The summed E-state index contributed by atoms with van der Waals surface area (Å²) in [7, 11) is 0. The van der Waals surface area contributed by atoms with Crippen LogP contribution in [0.5, 0.6) is 0 Å². The number of nitrogens with zero attached hydrogens (tertiary/aromatic N) is 2. The molecule has 0 aliphatic heterocycles. The zero-order valence-electron chi connectivity index (χ0n) is 7.80. The molecule has 0 amide bonds. The van der Waals surface area contributed by atoms with Crippen molar-refractivity contribution in [2.45, 2.75) is 13.5 Å². The van der Waals surface area contributed by atoms with Crippen molar-refractivity contribution in [3.8, 4) is 0 Å². The average Bonchev–Trinajstić information content (AvgIpc) is 2.62. The van der Waals surface area contributed by atoms with Crippen LogP contribution >= 0.6 is 11.3 Å². The molecule has 0 aliphatic rings. The van der Waals surface area contributed by atoms with Crippen LogP contribution in [-0.2, 0) is 6.54 Å². The van der Waals surface area contributed by atoms with Gasteiger partial charge in [0.05, 0.1) is 6.54 Å². The average molecular weight is 206 g/mol. The molecule has 0 bridgehead atoms. The van der Waals surface area contributed by atoms with Gasteiger partial charge in [0.1, 0.15) is 0 Å². The summed E-state index contributed by atoms with van der Waals surface area (Å²) in [5.74, 6) is 0. The molecule has 0 saturated heterocycles. The van der Waals surface area contributed by atoms with E-state index < -0.39 is 0 Å². The van der Waals surface area contributed by atoms with E-state index in [0.717, 1.165) is 10.6 Å². The summed E-state index contributed by atoms with van der Waals surface area (Å²) in [5, 5.41) is 2.00. The highest BCUT2D eigenvalue weighted by molar-refractivity contribution is 7.09. The van der Waals surface area contributed by atoms with Crippen molar-refractivity contribution in [3.63, 3.8) is 0 Å². The van der Waals surface area contributed by atoms with Crippen LogP contribution in [0.1, 0.15) is 10.6 Å². The molecule has 0 spiro atoms. The van der Waals surface area contributed by atoms with Crippen molar-refractivity contribution in [1.82, 2.24) is 9.55 Å². The second-order valence-electron chi connectivity index (χ2n) is 3.06. The van der Waals surface area contributed by atoms with Crippen molar-refractivity contribution in [2.75, 3.05) is 0 Å². The van der Waals surface area contributed by atoms with Crippen molar-refractivity contribution in [1.29, 1.82) is 0 Å². The molecule has 2 heterocycles. The van der Waals surface area contributed by atoms with Gasteiger partial charge in [-0.15, -0.1) is 11.3 Å². The monoisotopic (exact) mass is 206 g/mol. The lowest BCUT2D eigenvalue weighted by molar-refractivity contribution is 0.729. The number of aromatic nitrogens is 2. The van der Waals surface area contributed by atoms with Gasteiger partial charge in [0, 0.05) is 16.8 Å². The Labute approximate surface area is 85.7 Å². The van der Waals surface area contributed by atoms with Crippen LogP contribution in [0.2, 0.25) is 0 Å². The van der Waals surface area contributed by atoms with Gasteiger partial charge in [0.15, 0.2) is 0 Å². The molecule has 72 valence electrons. The highest BCUT2D eigenvalue weighted by Crippen LogP contribution is 2.08. The van der Waals surface area contributed by atoms with Crippen molar-refractivity contribution in [2.24, 2.45) is 0 Å². The van der Waals surface area contributed by atoms with Crippen LogP contribution in [-0.4, -0.2) is 9.55 Å². The Bertz CT molecular complexity index is 473. The zero-order valence-corrected chi connectivity index (χ0v) is 8.62. The Hall–Kier alpha value is -1.42. The fourth-order valence-electron chi connectivity index (χ4n) is 1.20. The molecule has 2 aromatic heterocycles. The van der Waals surface area contributed by atoms with E-state index in [9.17, 15) is 4.79 Å². The summed E-state index contributed by atoms with van der Waals surface area (Å²) < 4.78 is 1.61. The third-order valence-electron chi connectivity index (χ3n) is 1.92. The van der Waals surface area contributed by atoms with E-state index in [1.807, 2.05) is 30.5 Å². The standard InChI is InChI=1S/C10H10N2OS/c1-8-4-5-12(10(13)11-8)7-9-3-2-6-14-9/h2-6H,7H2,1H3. The summed E-state index contributed by atoms with van der Waals surface area (Å²) >= 11 is 1.64. The molecule has 2 aromatic rings.